The Morgan fingerprint density at radius 1 is 1.17 bits per heavy atom. The lowest BCUT2D eigenvalue weighted by molar-refractivity contribution is -0.153. The molecule has 1 amide bonds. The van der Waals surface area contributed by atoms with Crippen molar-refractivity contribution in [3.63, 3.8) is 0 Å². The Hall–Kier alpha value is -3.01. The van der Waals surface area contributed by atoms with Gasteiger partial charge < -0.3 is 21.1 Å². The van der Waals surface area contributed by atoms with Crippen LogP contribution >= 0.6 is 0 Å². The van der Waals surface area contributed by atoms with Gasteiger partial charge in [-0.25, -0.2) is 0 Å². The van der Waals surface area contributed by atoms with Gasteiger partial charge in [0, 0.05) is 23.6 Å². The van der Waals surface area contributed by atoms with E-state index in [0.29, 0.717) is 12.0 Å². The van der Waals surface area contributed by atoms with Gasteiger partial charge in [0.15, 0.2) is 11.4 Å². The van der Waals surface area contributed by atoms with Crippen molar-refractivity contribution in [2.24, 2.45) is 17.6 Å². The summed E-state index contributed by atoms with van der Waals surface area (Å²) in [5, 5.41) is 33.9. The molecule has 36 heavy (non-hydrogen) atoms. The third-order valence-corrected chi connectivity index (χ3v) is 8.45. The number of aliphatic hydroxyl groups excluding tert-OH is 2. The van der Waals surface area contributed by atoms with Crippen LogP contribution in [0.4, 0.5) is 0 Å². The van der Waals surface area contributed by atoms with E-state index in [2.05, 4.69) is 4.90 Å². The van der Waals surface area contributed by atoms with E-state index >= 15 is 0 Å². The van der Waals surface area contributed by atoms with Crippen LogP contribution < -0.4 is 5.73 Å². The van der Waals surface area contributed by atoms with E-state index in [4.69, 9.17) is 5.73 Å². The number of amides is 1. The molecule has 5 rings (SSSR count). The van der Waals surface area contributed by atoms with Crippen molar-refractivity contribution in [1.29, 1.82) is 0 Å². The molecule has 5 N–H and O–H groups in total. The van der Waals surface area contributed by atoms with Crippen LogP contribution in [0.25, 0.3) is 5.76 Å². The SMILES string of the molecule is CN(C)[C@H]1C(=O)C(C(N)=O)=C(O)[C@@]2(O)C(=O)C3=C(O)c4cccc(CN5CCCCC5)c4CC3CC12. The number of likely N-dealkylation sites (tertiary alicyclic amines) is 1. The van der Waals surface area contributed by atoms with Gasteiger partial charge in [-0.05, 0) is 69.9 Å². The number of aliphatic hydroxyl groups is 3. The van der Waals surface area contributed by atoms with Gasteiger partial charge in [-0.1, -0.05) is 24.6 Å². The Bertz CT molecular complexity index is 1210. The first-order valence-corrected chi connectivity index (χ1v) is 12.5. The second-order valence-electron chi connectivity index (χ2n) is 10.7. The molecule has 2 fully saturated rings. The molecule has 1 heterocycles. The topological polar surface area (TPSA) is 144 Å². The fourth-order valence-electron chi connectivity index (χ4n) is 6.75. The number of nitrogens with zero attached hydrogens (tertiary/aromatic N) is 2. The zero-order valence-electron chi connectivity index (χ0n) is 20.7. The molecule has 2 unspecified atom stereocenters. The molecule has 0 bridgehead atoms. The zero-order chi connectivity index (χ0) is 25.9. The summed E-state index contributed by atoms with van der Waals surface area (Å²) in [6, 6.07) is 4.62. The molecule has 9 heteroatoms. The predicted molar refractivity (Wildman–Crippen MR) is 132 cm³/mol. The van der Waals surface area contributed by atoms with Crippen LogP contribution in [0.3, 0.4) is 0 Å². The van der Waals surface area contributed by atoms with E-state index in [1.807, 2.05) is 12.1 Å². The fraction of sp³-hybridized carbons (Fsp3) is 0.519. The lowest BCUT2D eigenvalue weighted by Crippen LogP contribution is -2.65. The van der Waals surface area contributed by atoms with Crippen molar-refractivity contribution in [3.8, 4) is 0 Å². The quantitative estimate of drug-likeness (QED) is 0.457. The van der Waals surface area contributed by atoms with E-state index < -0.39 is 52.3 Å². The van der Waals surface area contributed by atoms with Crippen LogP contribution in [0.2, 0.25) is 0 Å². The van der Waals surface area contributed by atoms with E-state index in [9.17, 15) is 29.7 Å². The number of hydrogen-bond donors (Lipinski definition) is 4. The maximum Gasteiger partial charge on any atom is 0.255 e. The molecular formula is C27H33N3O6. The van der Waals surface area contributed by atoms with Gasteiger partial charge in [-0.3, -0.25) is 24.2 Å². The molecule has 4 atom stereocenters. The van der Waals surface area contributed by atoms with E-state index in [0.717, 1.165) is 43.6 Å². The highest BCUT2D eigenvalue weighted by Crippen LogP contribution is 2.52. The van der Waals surface area contributed by atoms with Gasteiger partial charge in [-0.2, -0.15) is 0 Å². The van der Waals surface area contributed by atoms with Crippen molar-refractivity contribution in [3.05, 3.63) is 51.8 Å². The lowest BCUT2D eigenvalue weighted by Gasteiger charge is -2.50. The number of nitrogens with two attached hydrogens (primary N) is 1. The Morgan fingerprint density at radius 3 is 2.50 bits per heavy atom. The average molecular weight is 496 g/mol. The molecule has 0 radical (unpaired) electrons. The Morgan fingerprint density at radius 2 is 1.86 bits per heavy atom. The number of primary amides is 1. The molecule has 1 aliphatic heterocycles. The minimum atomic E-state index is -2.53. The van der Waals surface area contributed by atoms with Crippen LogP contribution in [0, 0.1) is 11.8 Å². The summed E-state index contributed by atoms with van der Waals surface area (Å²) in [5.74, 6) is -5.50. The number of Topliss-reactive ketones (excluding diaryl/α,β-unsaturated/α-hetero) is 2. The highest BCUT2D eigenvalue weighted by atomic mass is 16.3. The van der Waals surface area contributed by atoms with Crippen LogP contribution in [-0.4, -0.2) is 81.4 Å². The smallest absolute Gasteiger partial charge is 0.255 e. The summed E-state index contributed by atoms with van der Waals surface area (Å²) in [6.45, 7) is 2.80. The number of likely N-dealkylation sites (N-methyl/N-ethyl adjacent to an activating group) is 1. The van der Waals surface area contributed by atoms with Gasteiger partial charge in [-0.15, -0.1) is 0 Å². The number of benzene rings is 1. The molecule has 3 aliphatic carbocycles. The fourth-order valence-corrected chi connectivity index (χ4v) is 6.75. The molecule has 1 saturated carbocycles. The number of hydrogen-bond acceptors (Lipinski definition) is 8. The first-order chi connectivity index (χ1) is 17.1. The summed E-state index contributed by atoms with van der Waals surface area (Å²) in [4.78, 5) is 43.0. The second-order valence-corrected chi connectivity index (χ2v) is 10.7. The Kier molecular flexibility index (Phi) is 6.05. The van der Waals surface area contributed by atoms with Crippen LogP contribution in [0.5, 0.6) is 0 Å². The highest BCUT2D eigenvalue weighted by molar-refractivity contribution is 6.24. The van der Waals surface area contributed by atoms with Gasteiger partial charge in [0.2, 0.25) is 5.78 Å². The molecule has 1 saturated heterocycles. The average Bonchev–Trinajstić information content (AvgIpc) is 2.82. The van der Waals surface area contributed by atoms with Gasteiger partial charge in [0.05, 0.1) is 6.04 Å². The molecular weight excluding hydrogens is 462 g/mol. The third kappa shape index (κ3) is 3.52. The Labute approximate surface area is 209 Å². The molecule has 9 nitrogen and oxygen atoms in total. The summed E-state index contributed by atoms with van der Waals surface area (Å²) >= 11 is 0. The van der Waals surface area contributed by atoms with E-state index in [1.165, 1.54) is 11.3 Å². The number of ketones is 2. The Balaban J connectivity index is 1.62. The van der Waals surface area contributed by atoms with Gasteiger partial charge in [0.25, 0.3) is 5.91 Å². The van der Waals surface area contributed by atoms with Crippen LogP contribution in [-0.2, 0) is 27.3 Å². The number of rotatable bonds is 4. The predicted octanol–water partition coefficient (Wildman–Crippen LogP) is 1.24. The van der Waals surface area contributed by atoms with Crippen LogP contribution in [0.1, 0.15) is 42.4 Å². The highest BCUT2D eigenvalue weighted by Gasteiger charge is 2.64. The molecule has 0 aromatic heterocycles. The van der Waals surface area contributed by atoms with Crippen molar-refractivity contribution in [2.75, 3.05) is 27.2 Å². The molecule has 1 aromatic rings. The van der Waals surface area contributed by atoms with Crippen molar-refractivity contribution in [1.82, 2.24) is 9.80 Å². The third-order valence-electron chi connectivity index (χ3n) is 8.45. The van der Waals surface area contributed by atoms with Crippen molar-refractivity contribution in [2.45, 2.75) is 50.3 Å². The van der Waals surface area contributed by atoms with Crippen molar-refractivity contribution >= 4 is 23.2 Å². The summed E-state index contributed by atoms with van der Waals surface area (Å²) in [5.41, 5.74) is 4.70. The lowest BCUT2D eigenvalue weighted by atomic mass is 9.57. The summed E-state index contributed by atoms with van der Waals surface area (Å²) in [6.07, 6.45) is 4.19. The molecule has 192 valence electrons. The van der Waals surface area contributed by atoms with E-state index in [1.54, 1.807) is 20.2 Å². The second kappa shape index (κ2) is 8.83. The molecule has 0 spiro atoms. The number of fused-ring (bicyclic) bond motifs is 3. The molecule has 1 aromatic carbocycles. The first-order valence-electron chi connectivity index (χ1n) is 12.5. The number of carbonyl (C=O) groups excluding carboxylic acids is 3. The zero-order valence-corrected chi connectivity index (χ0v) is 20.7. The van der Waals surface area contributed by atoms with Gasteiger partial charge >= 0.3 is 0 Å². The largest absolute Gasteiger partial charge is 0.508 e. The van der Waals surface area contributed by atoms with E-state index in [-0.39, 0.29) is 17.8 Å². The first kappa shape index (κ1) is 24.7. The minimum absolute atomic E-state index is 0.0265. The summed E-state index contributed by atoms with van der Waals surface area (Å²) in [7, 11) is 3.23. The van der Waals surface area contributed by atoms with Gasteiger partial charge in [0.1, 0.15) is 17.1 Å². The standard InChI is InChI=1S/C27H33N3O6/c1-29(2)21-18-12-15-11-17-14(13-30-9-4-3-5-10-30)7-6-8-16(17)22(31)19(15)24(33)27(18,36)25(34)20(23(21)32)26(28)35/h6-8,15,18,21,31,34,36H,3-5,9-13H2,1-2H3,(H2,28,35)/t15?,18?,21-,27+/m1/s1. The number of carbonyl (C=O) groups is 3. The van der Waals surface area contributed by atoms with Crippen LogP contribution in [0.15, 0.2) is 35.1 Å². The van der Waals surface area contributed by atoms with Crippen molar-refractivity contribution < 1.29 is 29.7 Å². The number of piperidine rings is 1. The maximum absolute atomic E-state index is 13.8. The monoisotopic (exact) mass is 495 g/mol. The maximum atomic E-state index is 13.8. The minimum Gasteiger partial charge on any atom is -0.508 e. The molecule has 4 aliphatic rings. The summed E-state index contributed by atoms with van der Waals surface area (Å²) < 4.78 is 0. The normalized spacial score (nSPS) is 30.8.